The van der Waals surface area contributed by atoms with E-state index in [4.69, 9.17) is 9.47 Å². The average Bonchev–Trinajstić information content (AvgIpc) is 3.48. The minimum Gasteiger partial charge on any atom is -0.493 e. The van der Waals surface area contributed by atoms with Crippen LogP contribution in [0.3, 0.4) is 0 Å². The fraction of sp³-hybridized carbons (Fsp3) is 0.400. The number of ether oxygens (including phenoxy) is 2. The zero-order valence-electron chi connectivity index (χ0n) is 16.4. The van der Waals surface area contributed by atoms with Gasteiger partial charge in [0.1, 0.15) is 5.75 Å². The molecule has 4 rings (SSSR count). The number of aromatic nitrogens is 1. The van der Waals surface area contributed by atoms with Crippen LogP contribution in [0.15, 0.2) is 34.1 Å². The van der Waals surface area contributed by atoms with E-state index in [0.29, 0.717) is 29.4 Å². The minimum absolute atomic E-state index is 0.0333. The second-order valence-electron chi connectivity index (χ2n) is 7.60. The summed E-state index contributed by atoms with van der Waals surface area (Å²) in [4.78, 5) is 24.7. The zero-order chi connectivity index (χ0) is 20.9. The molecule has 1 amide bonds. The van der Waals surface area contributed by atoms with Gasteiger partial charge in [0.15, 0.2) is 27.4 Å². The number of nitrogens with zero attached hydrogens (tertiary/aromatic N) is 1. The van der Waals surface area contributed by atoms with E-state index in [0.717, 1.165) is 19.1 Å². The molecule has 0 saturated heterocycles. The van der Waals surface area contributed by atoms with Crippen LogP contribution in [0, 0.1) is 5.92 Å². The Hall–Kier alpha value is -2.81. The van der Waals surface area contributed by atoms with E-state index in [1.807, 2.05) is 0 Å². The maximum atomic E-state index is 12.5. The lowest BCUT2D eigenvalue weighted by molar-refractivity contribution is -0.122. The Labute approximate surface area is 168 Å². The summed E-state index contributed by atoms with van der Waals surface area (Å²) in [6.07, 6.45) is 4.13. The molecule has 2 aliphatic rings. The van der Waals surface area contributed by atoms with Crippen LogP contribution in [0.5, 0.6) is 11.5 Å². The third-order valence-corrected chi connectivity index (χ3v) is 6.19. The normalized spacial score (nSPS) is 18.6. The van der Waals surface area contributed by atoms with Crippen LogP contribution in [0.2, 0.25) is 0 Å². The Morgan fingerprint density at radius 1 is 1.24 bits per heavy atom. The highest BCUT2D eigenvalue weighted by atomic mass is 32.2. The number of hydrogen-bond acceptors (Lipinski definition) is 6. The van der Waals surface area contributed by atoms with E-state index < -0.39 is 27.4 Å². The number of amides is 1. The lowest BCUT2D eigenvalue weighted by Gasteiger charge is -2.26. The van der Waals surface area contributed by atoms with Crippen molar-refractivity contribution in [2.24, 2.45) is 13.0 Å². The lowest BCUT2D eigenvalue weighted by atomic mass is 10.0. The summed E-state index contributed by atoms with van der Waals surface area (Å²) in [5.74, 6) is 0.796. The summed E-state index contributed by atoms with van der Waals surface area (Å²) in [5, 5.41) is 2.60. The second kappa shape index (κ2) is 6.91. The molecule has 9 heteroatoms. The van der Waals surface area contributed by atoms with E-state index in [2.05, 4.69) is 5.32 Å². The quantitative estimate of drug-likeness (QED) is 0.796. The van der Waals surface area contributed by atoms with Gasteiger partial charge in [-0.25, -0.2) is 8.42 Å². The number of aryl methyl sites for hydroxylation is 1. The maximum absolute atomic E-state index is 12.5. The Morgan fingerprint density at radius 3 is 2.62 bits per heavy atom. The third-order valence-electron chi connectivity index (χ3n) is 5.08. The number of carbonyl (C=O) groups excluding carboxylic acids is 1. The fourth-order valence-corrected chi connectivity index (χ4v) is 3.81. The van der Waals surface area contributed by atoms with E-state index in [1.54, 1.807) is 26.2 Å². The number of benzene rings is 1. The number of fused-ring (bicyclic) bond motifs is 1. The molecule has 0 radical (unpaired) electrons. The van der Waals surface area contributed by atoms with Crippen molar-refractivity contribution in [3.05, 3.63) is 34.7 Å². The first-order valence-corrected chi connectivity index (χ1v) is 11.2. The molecular formula is C20H22N2O6S. The van der Waals surface area contributed by atoms with Gasteiger partial charge in [-0.05, 0) is 43.9 Å². The zero-order valence-corrected chi connectivity index (χ0v) is 17.2. The van der Waals surface area contributed by atoms with Crippen molar-refractivity contribution in [2.75, 3.05) is 18.2 Å². The monoisotopic (exact) mass is 418 g/mol. The molecular weight excluding hydrogens is 396 g/mol. The van der Waals surface area contributed by atoms with Crippen molar-refractivity contribution in [3.63, 3.8) is 0 Å². The van der Waals surface area contributed by atoms with Crippen molar-refractivity contribution >= 4 is 21.4 Å². The van der Waals surface area contributed by atoms with Crippen molar-refractivity contribution in [1.29, 1.82) is 0 Å². The molecule has 1 aliphatic heterocycles. The molecule has 29 heavy (non-hydrogen) atoms. The first kappa shape index (κ1) is 19.5. The predicted octanol–water partition coefficient (Wildman–Crippen LogP) is 1.96. The molecule has 0 unspecified atom stereocenters. The van der Waals surface area contributed by atoms with E-state index in [-0.39, 0.29) is 16.3 Å². The predicted molar refractivity (Wildman–Crippen MR) is 107 cm³/mol. The van der Waals surface area contributed by atoms with Gasteiger partial charge in [-0.15, -0.1) is 0 Å². The Morgan fingerprint density at radius 2 is 1.97 bits per heavy atom. The first-order valence-electron chi connectivity index (χ1n) is 9.33. The SMILES string of the molecule is C[C@H]1Oc2c(-c3cc(S(C)(=O)=O)ccc3OCC3CC3)cn(C)c(=O)c2NC1=O. The minimum atomic E-state index is -3.46. The molecule has 0 bridgehead atoms. The number of rotatable bonds is 5. The van der Waals surface area contributed by atoms with E-state index in [1.165, 1.54) is 16.7 Å². The summed E-state index contributed by atoms with van der Waals surface area (Å²) in [5.41, 5.74) is 0.587. The molecule has 1 saturated carbocycles. The summed E-state index contributed by atoms with van der Waals surface area (Å²) in [6.45, 7) is 2.12. The molecule has 2 aromatic rings. The topological polar surface area (TPSA) is 104 Å². The molecule has 0 spiro atoms. The molecule has 2 heterocycles. The van der Waals surface area contributed by atoms with E-state index >= 15 is 0 Å². The number of sulfone groups is 1. The van der Waals surface area contributed by atoms with Gasteiger partial charge in [0.2, 0.25) is 0 Å². The van der Waals surface area contributed by atoms with E-state index in [9.17, 15) is 18.0 Å². The average molecular weight is 418 g/mol. The summed E-state index contributed by atoms with van der Waals surface area (Å²) < 4.78 is 37.3. The van der Waals surface area contributed by atoms with Crippen LogP contribution in [0.4, 0.5) is 5.69 Å². The van der Waals surface area contributed by atoms with Crippen LogP contribution in [-0.2, 0) is 21.7 Å². The van der Waals surface area contributed by atoms with Crippen molar-refractivity contribution in [2.45, 2.75) is 30.8 Å². The van der Waals surface area contributed by atoms with Crippen molar-refractivity contribution in [1.82, 2.24) is 4.57 Å². The highest BCUT2D eigenvalue weighted by Gasteiger charge is 2.31. The van der Waals surface area contributed by atoms with Crippen LogP contribution in [0.1, 0.15) is 19.8 Å². The number of anilines is 1. The van der Waals surface area contributed by atoms with Crippen molar-refractivity contribution < 1.29 is 22.7 Å². The van der Waals surface area contributed by atoms with Crippen LogP contribution in [-0.4, -0.2) is 37.9 Å². The van der Waals surface area contributed by atoms with Gasteiger partial charge in [0.05, 0.1) is 11.5 Å². The van der Waals surface area contributed by atoms with Crippen molar-refractivity contribution in [3.8, 4) is 22.6 Å². The van der Waals surface area contributed by atoms with Gasteiger partial charge in [-0.3, -0.25) is 9.59 Å². The van der Waals surface area contributed by atoms with Crippen LogP contribution < -0.4 is 20.3 Å². The number of carbonyl (C=O) groups is 1. The van der Waals surface area contributed by atoms with Gasteiger partial charge in [0.25, 0.3) is 11.5 Å². The number of nitrogens with one attached hydrogen (secondary N) is 1. The standard InChI is InChI=1S/C20H22N2O6S/c1-11-19(23)21-17-18(28-11)15(9-22(2)20(17)24)14-8-13(29(3,25)26)6-7-16(14)27-10-12-4-5-12/h6-9,11-12H,4-5,10H2,1-3H3,(H,21,23)/t11-/m1/s1. The van der Waals surface area contributed by atoms with Gasteiger partial charge < -0.3 is 19.4 Å². The smallest absolute Gasteiger partial charge is 0.277 e. The molecule has 1 fully saturated rings. The van der Waals surface area contributed by atoms with Crippen LogP contribution >= 0.6 is 0 Å². The van der Waals surface area contributed by atoms with Gasteiger partial charge in [-0.1, -0.05) is 0 Å². The van der Waals surface area contributed by atoms with Gasteiger partial charge in [0, 0.05) is 30.6 Å². The number of pyridine rings is 1. The second-order valence-corrected chi connectivity index (χ2v) is 9.61. The Bertz CT molecular complexity index is 1160. The summed E-state index contributed by atoms with van der Waals surface area (Å²) in [6, 6.07) is 4.64. The molecule has 1 atom stereocenters. The Kier molecular flexibility index (Phi) is 4.65. The first-order chi connectivity index (χ1) is 13.6. The number of hydrogen-bond donors (Lipinski definition) is 1. The highest BCUT2D eigenvalue weighted by Crippen LogP contribution is 2.42. The maximum Gasteiger partial charge on any atom is 0.277 e. The van der Waals surface area contributed by atoms with Gasteiger partial charge in [-0.2, -0.15) is 0 Å². The molecule has 1 aromatic heterocycles. The Balaban J connectivity index is 1.93. The molecule has 154 valence electrons. The van der Waals surface area contributed by atoms with Gasteiger partial charge >= 0.3 is 0 Å². The summed E-state index contributed by atoms with van der Waals surface area (Å²) in [7, 11) is -1.91. The fourth-order valence-electron chi connectivity index (χ4n) is 3.17. The lowest BCUT2D eigenvalue weighted by Crippen LogP contribution is -2.38. The third kappa shape index (κ3) is 3.74. The highest BCUT2D eigenvalue weighted by molar-refractivity contribution is 7.90. The molecule has 1 aliphatic carbocycles. The largest absolute Gasteiger partial charge is 0.493 e. The molecule has 1 N–H and O–H groups in total. The summed E-state index contributed by atoms with van der Waals surface area (Å²) >= 11 is 0. The molecule has 1 aromatic carbocycles. The molecule has 8 nitrogen and oxygen atoms in total. The van der Waals surface area contributed by atoms with Crippen LogP contribution in [0.25, 0.3) is 11.1 Å².